The van der Waals surface area contributed by atoms with E-state index in [-0.39, 0.29) is 17.5 Å². The highest BCUT2D eigenvalue weighted by Gasteiger charge is 2.46. The van der Waals surface area contributed by atoms with E-state index in [1.165, 1.54) is 13.3 Å². The second-order valence-corrected chi connectivity index (χ2v) is 5.32. The molecule has 0 radical (unpaired) electrons. The maximum atomic E-state index is 6.03. The molecule has 2 unspecified atom stereocenters. The van der Waals surface area contributed by atoms with Crippen LogP contribution in [0.5, 0.6) is 6.01 Å². The predicted octanol–water partition coefficient (Wildman–Crippen LogP) is 1.68. The highest BCUT2D eigenvalue weighted by Crippen LogP contribution is 2.41. The lowest BCUT2D eigenvalue weighted by Gasteiger charge is -2.50. The zero-order valence-electron chi connectivity index (χ0n) is 10.2. The fourth-order valence-corrected chi connectivity index (χ4v) is 2.07. The minimum Gasteiger partial charge on any atom is -0.467 e. The van der Waals surface area contributed by atoms with E-state index in [4.69, 9.17) is 22.1 Å². The van der Waals surface area contributed by atoms with Gasteiger partial charge in [0.15, 0.2) is 5.82 Å². The summed E-state index contributed by atoms with van der Waals surface area (Å²) in [6.45, 7) is 4.26. The van der Waals surface area contributed by atoms with Crippen LogP contribution in [0.15, 0.2) is 6.20 Å². The fraction of sp³-hybridized carbons (Fsp3) is 0.636. The molecule has 17 heavy (non-hydrogen) atoms. The van der Waals surface area contributed by atoms with Gasteiger partial charge in [0.2, 0.25) is 0 Å². The minimum atomic E-state index is 0.0432. The number of nitrogens with zero attached hydrogens (tertiary/aromatic N) is 2. The highest BCUT2D eigenvalue weighted by molar-refractivity contribution is 6.32. The molecular weight excluding hydrogens is 240 g/mol. The van der Waals surface area contributed by atoms with E-state index in [0.717, 1.165) is 6.42 Å². The lowest BCUT2D eigenvalue weighted by molar-refractivity contribution is 0.117. The van der Waals surface area contributed by atoms with Crippen LogP contribution in [0.4, 0.5) is 5.82 Å². The molecule has 1 fully saturated rings. The van der Waals surface area contributed by atoms with Crippen molar-refractivity contribution in [3.05, 3.63) is 11.2 Å². The average Bonchev–Trinajstić information content (AvgIpc) is 2.31. The first-order valence-corrected chi connectivity index (χ1v) is 5.91. The van der Waals surface area contributed by atoms with Gasteiger partial charge in [-0.05, 0) is 6.42 Å². The molecule has 1 aliphatic carbocycles. The monoisotopic (exact) mass is 256 g/mol. The zero-order chi connectivity index (χ0) is 12.6. The van der Waals surface area contributed by atoms with Crippen molar-refractivity contribution in [2.45, 2.75) is 32.4 Å². The van der Waals surface area contributed by atoms with Gasteiger partial charge in [0.05, 0.1) is 13.3 Å². The second-order valence-electron chi connectivity index (χ2n) is 4.91. The maximum Gasteiger partial charge on any atom is 0.318 e. The Morgan fingerprint density at radius 3 is 2.82 bits per heavy atom. The Morgan fingerprint density at radius 2 is 2.29 bits per heavy atom. The number of rotatable bonds is 3. The Labute approximate surface area is 106 Å². The van der Waals surface area contributed by atoms with E-state index in [1.54, 1.807) is 0 Å². The number of hydrogen-bond donors (Lipinski definition) is 2. The summed E-state index contributed by atoms with van der Waals surface area (Å²) in [5.41, 5.74) is 6.01. The summed E-state index contributed by atoms with van der Waals surface area (Å²) in [5.74, 6) is 0.600. The van der Waals surface area contributed by atoms with Crippen LogP contribution in [0.1, 0.15) is 20.3 Å². The van der Waals surface area contributed by atoms with Gasteiger partial charge in [0.25, 0.3) is 0 Å². The van der Waals surface area contributed by atoms with Crippen molar-refractivity contribution >= 4 is 17.4 Å². The number of nitrogens with two attached hydrogens (primary N) is 1. The van der Waals surface area contributed by atoms with Gasteiger partial charge in [0.1, 0.15) is 5.02 Å². The van der Waals surface area contributed by atoms with Crippen LogP contribution >= 0.6 is 11.6 Å². The first kappa shape index (κ1) is 12.4. The van der Waals surface area contributed by atoms with Gasteiger partial charge < -0.3 is 15.8 Å². The van der Waals surface area contributed by atoms with Crippen LogP contribution in [0, 0.1) is 5.41 Å². The molecule has 5 nitrogen and oxygen atoms in total. The quantitative estimate of drug-likeness (QED) is 0.861. The van der Waals surface area contributed by atoms with E-state index in [9.17, 15) is 0 Å². The van der Waals surface area contributed by atoms with Gasteiger partial charge in [-0.3, -0.25) is 0 Å². The van der Waals surface area contributed by atoms with Crippen molar-refractivity contribution in [3.63, 3.8) is 0 Å². The molecule has 1 saturated carbocycles. The molecular formula is C11H17ClN4O. The van der Waals surface area contributed by atoms with Crippen molar-refractivity contribution in [2.24, 2.45) is 11.1 Å². The van der Waals surface area contributed by atoms with E-state index in [2.05, 4.69) is 29.1 Å². The van der Waals surface area contributed by atoms with Gasteiger partial charge in [-0.15, -0.1) is 0 Å². The summed E-state index contributed by atoms with van der Waals surface area (Å²) in [5, 5.41) is 3.79. The van der Waals surface area contributed by atoms with Crippen molar-refractivity contribution < 1.29 is 4.74 Å². The number of methoxy groups -OCH3 is 1. The Hall–Kier alpha value is -1.07. The normalized spacial score (nSPS) is 26.2. The third kappa shape index (κ3) is 2.17. The Bertz CT molecular complexity index is 424. The van der Waals surface area contributed by atoms with Crippen LogP contribution in [0.25, 0.3) is 0 Å². The molecule has 0 spiro atoms. The molecule has 0 saturated heterocycles. The Balaban J connectivity index is 2.14. The SMILES string of the molecule is COc1ncc(Cl)c(NC2CC(N)C2(C)C)n1. The molecule has 1 aliphatic rings. The molecule has 0 bridgehead atoms. The Morgan fingerprint density at radius 1 is 1.59 bits per heavy atom. The number of ether oxygens (including phenoxy) is 1. The third-order valence-corrected chi connectivity index (χ3v) is 3.84. The van der Waals surface area contributed by atoms with Gasteiger partial charge in [0, 0.05) is 17.5 Å². The Kier molecular flexibility index (Phi) is 3.14. The molecule has 0 aromatic carbocycles. The lowest BCUT2D eigenvalue weighted by Crippen LogP contribution is -2.61. The van der Waals surface area contributed by atoms with Crippen molar-refractivity contribution in [1.82, 2.24) is 9.97 Å². The van der Waals surface area contributed by atoms with E-state index in [1.807, 2.05) is 0 Å². The fourth-order valence-electron chi connectivity index (χ4n) is 1.92. The topological polar surface area (TPSA) is 73.1 Å². The number of anilines is 1. The predicted molar refractivity (Wildman–Crippen MR) is 67.4 cm³/mol. The van der Waals surface area contributed by atoms with Gasteiger partial charge in [-0.2, -0.15) is 4.98 Å². The average molecular weight is 257 g/mol. The maximum absolute atomic E-state index is 6.03. The molecule has 1 aromatic rings. The summed E-state index contributed by atoms with van der Waals surface area (Å²) < 4.78 is 4.97. The molecule has 2 rings (SSSR count). The van der Waals surface area contributed by atoms with Crippen LogP contribution in [0.2, 0.25) is 5.02 Å². The number of aromatic nitrogens is 2. The minimum absolute atomic E-state index is 0.0432. The molecule has 3 N–H and O–H groups in total. The summed E-state index contributed by atoms with van der Waals surface area (Å²) >= 11 is 6.03. The molecule has 6 heteroatoms. The van der Waals surface area contributed by atoms with Crippen molar-refractivity contribution in [3.8, 4) is 6.01 Å². The van der Waals surface area contributed by atoms with Crippen molar-refractivity contribution in [2.75, 3.05) is 12.4 Å². The summed E-state index contributed by atoms with van der Waals surface area (Å²) in [4.78, 5) is 8.12. The zero-order valence-corrected chi connectivity index (χ0v) is 11.0. The summed E-state index contributed by atoms with van der Waals surface area (Å²) in [6.07, 6.45) is 2.44. The third-order valence-electron chi connectivity index (χ3n) is 3.56. The molecule has 2 atom stereocenters. The molecule has 1 heterocycles. The molecule has 94 valence electrons. The summed E-state index contributed by atoms with van der Waals surface area (Å²) in [6, 6.07) is 0.787. The summed E-state index contributed by atoms with van der Waals surface area (Å²) in [7, 11) is 1.52. The molecule has 0 aliphatic heterocycles. The van der Waals surface area contributed by atoms with Gasteiger partial charge in [-0.25, -0.2) is 4.98 Å². The standard InChI is InChI=1S/C11H17ClN4O/c1-11(2)7(13)4-8(11)15-9-6(12)5-14-10(16-9)17-3/h5,7-8H,4,13H2,1-3H3,(H,14,15,16). The second kappa shape index (κ2) is 4.31. The highest BCUT2D eigenvalue weighted by atomic mass is 35.5. The number of nitrogens with one attached hydrogen (secondary N) is 1. The largest absolute Gasteiger partial charge is 0.467 e. The van der Waals surface area contributed by atoms with Crippen LogP contribution in [-0.2, 0) is 0 Å². The lowest BCUT2D eigenvalue weighted by atomic mass is 9.63. The van der Waals surface area contributed by atoms with E-state index in [0.29, 0.717) is 16.9 Å². The van der Waals surface area contributed by atoms with Crippen LogP contribution in [0.3, 0.4) is 0 Å². The van der Waals surface area contributed by atoms with Crippen molar-refractivity contribution in [1.29, 1.82) is 0 Å². The number of halogens is 1. The van der Waals surface area contributed by atoms with Gasteiger partial charge in [-0.1, -0.05) is 25.4 Å². The van der Waals surface area contributed by atoms with Crippen LogP contribution < -0.4 is 15.8 Å². The molecule has 0 amide bonds. The van der Waals surface area contributed by atoms with E-state index < -0.39 is 0 Å². The smallest absolute Gasteiger partial charge is 0.318 e. The first-order chi connectivity index (χ1) is 7.95. The van der Waals surface area contributed by atoms with Gasteiger partial charge >= 0.3 is 6.01 Å². The van der Waals surface area contributed by atoms with Crippen LogP contribution in [-0.4, -0.2) is 29.2 Å². The number of hydrogen-bond acceptors (Lipinski definition) is 5. The first-order valence-electron chi connectivity index (χ1n) is 5.53. The molecule has 1 aromatic heterocycles. The van der Waals surface area contributed by atoms with E-state index >= 15 is 0 Å².